The minimum absolute atomic E-state index is 0.566. The summed E-state index contributed by atoms with van der Waals surface area (Å²) in [6.07, 6.45) is 3.57. The topological polar surface area (TPSA) is 50.8 Å². The highest BCUT2D eigenvalue weighted by atomic mass is 16.5. The van der Waals surface area contributed by atoms with Crippen LogP contribution in [0.1, 0.15) is 5.69 Å². The van der Waals surface area contributed by atoms with Crippen molar-refractivity contribution >= 4 is 10.8 Å². The minimum Gasteiger partial charge on any atom is -0.497 e. The predicted octanol–water partition coefficient (Wildman–Crippen LogP) is 2.91. The Kier molecular flexibility index (Phi) is 2.66. The summed E-state index contributed by atoms with van der Waals surface area (Å²) >= 11 is 0. The Morgan fingerprint density at radius 3 is 2.95 bits per heavy atom. The van der Waals surface area contributed by atoms with Crippen LogP contribution in [-0.2, 0) is 0 Å². The zero-order valence-corrected chi connectivity index (χ0v) is 10.4. The first-order valence-electron chi connectivity index (χ1n) is 5.84. The summed E-state index contributed by atoms with van der Waals surface area (Å²) in [5, 5.41) is 11.1. The summed E-state index contributed by atoms with van der Waals surface area (Å²) in [5.41, 5.74) is 0.566. The van der Waals surface area contributed by atoms with E-state index < -0.39 is 0 Å². The SMILES string of the molecule is COc1ccc2c(-n3cccc3C#N)nccc2c1. The van der Waals surface area contributed by atoms with Gasteiger partial charge in [0.1, 0.15) is 23.3 Å². The van der Waals surface area contributed by atoms with Crippen LogP contribution in [0.4, 0.5) is 0 Å². The summed E-state index contributed by atoms with van der Waals surface area (Å²) in [5.74, 6) is 1.55. The van der Waals surface area contributed by atoms with Crippen LogP contribution in [0.25, 0.3) is 16.6 Å². The summed E-state index contributed by atoms with van der Waals surface area (Å²) in [6.45, 7) is 0. The van der Waals surface area contributed by atoms with Crippen LogP contribution in [0.2, 0.25) is 0 Å². The number of hydrogen-bond acceptors (Lipinski definition) is 3. The third-order valence-corrected chi connectivity index (χ3v) is 3.04. The van der Waals surface area contributed by atoms with E-state index in [0.717, 1.165) is 22.3 Å². The van der Waals surface area contributed by atoms with Gasteiger partial charge in [0.2, 0.25) is 0 Å². The lowest BCUT2D eigenvalue weighted by atomic mass is 10.1. The van der Waals surface area contributed by atoms with Crippen LogP contribution < -0.4 is 4.74 Å². The number of nitrogens with zero attached hydrogens (tertiary/aromatic N) is 3. The van der Waals surface area contributed by atoms with Gasteiger partial charge in [0.25, 0.3) is 0 Å². The van der Waals surface area contributed by atoms with Crippen LogP contribution in [-0.4, -0.2) is 16.7 Å². The van der Waals surface area contributed by atoms with E-state index in [2.05, 4.69) is 11.1 Å². The molecule has 3 rings (SSSR count). The average Bonchev–Trinajstić information content (AvgIpc) is 2.94. The van der Waals surface area contributed by atoms with Crippen LogP contribution >= 0.6 is 0 Å². The summed E-state index contributed by atoms with van der Waals surface area (Å²) in [6, 6.07) is 13.5. The number of rotatable bonds is 2. The van der Waals surface area contributed by atoms with Crippen molar-refractivity contribution in [1.29, 1.82) is 5.26 Å². The molecule has 0 aliphatic heterocycles. The monoisotopic (exact) mass is 249 g/mol. The first-order chi connectivity index (χ1) is 9.33. The third-order valence-electron chi connectivity index (χ3n) is 3.04. The number of ether oxygens (including phenoxy) is 1. The van der Waals surface area contributed by atoms with E-state index in [9.17, 15) is 0 Å². The number of pyridine rings is 1. The van der Waals surface area contributed by atoms with Crippen LogP contribution in [0, 0.1) is 11.3 Å². The highest BCUT2D eigenvalue weighted by Crippen LogP contribution is 2.25. The summed E-state index contributed by atoms with van der Waals surface area (Å²) in [4.78, 5) is 4.38. The number of benzene rings is 1. The zero-order chi connectivity index (χ0) is 13.2. The Balaban J connectivity index is 2.28. The predicted molar refractivity (Wildman–Crippen MR) is 72.3 cm³/mol. The van der Waals surface area contributed by atoms with Crippen molar-refractivity contribution < 1.29 is 4.74 Å². The van der Waals surface area contributed by atoms with Gasteiger partial charge in [-0.3, -0.25) is 4.57 Å². The van der Waals surface area contributed by atoms with E-state index in [-0.39, 0.29) is 0 Å². The van der Waals surface area contributed by atoms with Gasteiger partial charge in [0.15, 0.2) is 0 Å². The molecule has 3 aromatic rings. The molecule has 0 unspecified atom stereocenters. The van der Waals surface area contributed by atoms with E-state index in [0.29, 0.717) is 5.69 Å². The largest absolute Gasteiger partial charge is 0.497 e. The van der Waals surface area contributed by atoms with Crippen LogP contribution in [0.5, 0.6) is 5.75 Å². The number of hydrogen-bond donors (Lipinski definition) is 0. The summed E-state index contributed by atoms with van der Waals surface area (Å²) in [7, 11) is 1.64. The summed E-state index contributed by atoms with van der Waals surface area (Å²) < 4.78 is 7.00. The molecule has 4 heteroatoms. The van der Waals surface area contributed by atoms with Crippen molar-refractivity contribution in [2.45, 2.75) is 0 Å². The minimum atomic E-state index is 0.566. The molecule has 0 bridgehead atoms. The molecule has 0 radical (unpaired) electrons. The molecular formula is C15H11N3O. The molecule has 0 aliphatic rings. The maximum absolute atomic E-state index is 9.10. The number of aromatic nitrogens is 2. The molecule has 0 fully saturated rings. The quantitative estimate of drug-likeness (QED) is 0.701. The molecule has 0 spiro atoms. The van der Waals surface area contributed by atoms with Gasteiger partial charge in [-0.05, 0) is 41.8 Å². The molecule has 0 N–H and O–H groups in total. The van der Waals surface area contributed by atoms with Gasteiger partial charge in [0, 0.05) is 17.8 Å². The number of methoxy groups -OCH3 is 1. The van der Waals surface area contributed by atoms with Gasteiger partial charge in [-0.2, -0.15) is 5.26 Å². The molecule has 0 amide bonds. The van der Waals surface area contributed by atoms with E-state index in [1.54, 1.807) is 23.9 Å². The van der Waals surface area contributed by atoms with Crippen LogP contribution in [0.3, 0.4) is 0 Å². The second-order valence-electron chi connectivity index (χ2n) is 4.10. The van der Waals surface area contributed by atoms with E-state index in [1.165, 1.54) is 0 Å². The highest BCUT2D eigenvalue weighted by molar-refractivity contribution is 5.89. The Morgan fingerprint density at radius 1 is 1.26 bits per heavy atom. The highest BCUT2D eigenvalue weighted by Gasteiger charge is 2.08. The first-order valence-corrected chi connectivity index (χ1v) is 5.84. The Morgan fingerprint density at radius 2 is 2.16 bits per heavy atom. The normalized spacial score (nSPS) is 10.3. The van der Waals surface area contributed by atoms with Crippen molar-refractivity contribution in [3.05, 3.63) is 54.5 Å². The maximum Gasteiger partial charge on any atom is 0.145 e. The fourth-order valence-corrected chi connectivity index (χ4v) is 2.12. The lowest BCUT2D eigenvalue weighted by Gasteiger charge is -2.09. The van der Waals surface area contributed by atoms with Crippen molar-refractivity contribution in [3.63, 3.8) is 0 Å². The molecule has 0 saturated heterocycles. The Labute approximate surface area is 110 Å². The van der Waals surface area contributed by atoms with Gasteiger partial charge in [-0.15, -0.1) is 0 Å². The second-order valence-corrected chi connectivity index (χ2v) is 4.10. The van der Waals surface area contributed by atoms with Crippen LogP contribution in [0.15, 0.2) is 48.8 Å². The zero-order valence-electron chi connectivity index (χ0n) is 10.4. The molecular weight excluding hydrogens is 238 g/mol. The molecule has 19 heavy (non-hydrogen) atoms. The number of fused-ring (bicyclic) bond motifs is 1. The fraction of sp³-hybridized carbons (Fsp3) is 0.0667. The second kappa shape index (κ2) is 4.46. The molecule has 0 saturated carbocycles. The molecule has 2 aromatic heterocycles. The standard InChI is InChI=1S/C15H11N3O/c1-19-13-4-5-14-11(9-13)6-7-17-15(14)18-8-2-3-12(18)10-16/h2-9H,1H3. The van der Waals surface area contributed by atoms with Gasteiger partial charge in [-0.25, -0.2) is 4.98 Å². The van der Waals surface area contributed by atoms with Crippen molar-refractivity contribution in [1.82, 2.24) is 9.55 Å². The van der Waals surface area contributed by atoms with Gasteiger partial charge in [-0.1, -0.05) is 0 Å². The number of nitriles is 1. The Bertz CT molecular complexity index is 783. The van der Waals surface area contributed by atoms with E-state index in [1.807, 2.05) is 36.5 Å². The van der Waals surface area contributed by atoms with Gasteiger partial charge < -0.3 is 4.74 Å². The van der Waals surface area contributed by atoms with Crippen molar-refractivity contribution in [3.8, 4) is 17.6 Å². The van der Waals surface area contributed by atoms with Crippen molar-refractivity contribution in [2.75, 3.05) is 7.11 Å². The molecule has 1 aromatic carbocycles. The molecule has 2 heterocycles. The van der Waals surface area contributed by atoms with E-state index in [4.69, 9.17) is 10.00 Å². The fourth-order valence-electron chi connectivity index (χ4n) is 2.12. The van der Waals surface area contributed by atoms with Crippen molar-refractivity contribution in [2.24, 2.45) is 0 Å². The first kappa shape index (κ1) is 11.3. The molecule has 0 aliphatic carbocycles. The molecule has 4 nitrogen and oxygen atoms in total. The smallest absolute Gasteiger partial charge is 0.145 e. The average molecular weight is 249 g/mol. The van der Waals surface area contributed by atoms with Gasteiger partial charge >= 0.3 is 0 Å². The lowest BCUT2D eigenvalue weighted by molar-refractivity contribution is 0.415. The third kappa shape index (κ3) is 1.81. The Hall–Kier alpha value is -2.80. The lowest BCUT2D eigenvalue weighted by Crippen LogP contribution is -1.99. The molecule has 0 atom stereocenters. The van der Waals surface area contributed by atoms with E-state index >= 15 is 0 Å². The van der Waals surface area contributed by atoms with Gasteiger partial charge in [0.05, 0.1) is 7.11 Å². The maximum atomic E-state index is 9.10. The molecule has 92 valence electrons.